The minimum atomic E-state index is 0.775. The minimum Gasteiger partial charge on any atom is -0.400 e. The standard InChI is InChI=1S/C4H12N2.CH4O/c5-3-1-2-4-6;1-2/h1-6H2;2H,1H3. The molecule has 3 nitrogen and oxygen atoms in total. The fraction of sp³-hybridized carbons (Fsp3) is 1.00. The van der Waals surface area contributed by atoms with Crippen LogP contribution in [-0.2, 0) is 0 Å². The number of aliphatic hydroxyl groups excluding tert-OH is 1. The van der Waals surface area contributed by atoms with Crippen molar-refractivity contribution in [2.45, 2.75) is 12.8 Å². The average molecular weight is 120 g/mol. The van der Waals surface area contributed by atoms with E-state index in [4.69, 9.17) is 16.6 Å². The maximum atomic E-state index is 7.00. The van der Waals surface area contributed by atoms with Gasteiger partial charge >= 0.3 is 0 Å². The molecule has 0 unspecified atom stereocenters. The van der Waals surface area contributed by atoms with Crippen molar-refractivity contribution in [2.75, 3.05) is 20.2 Å². The fourth-order valence-corrected chi connectivity index (χ4v) is 0.289. The van der Waals surface area contributed by atoms with Crippen LogP contribution < -0.4 is 11.5 Å². The van der Waals surface area contributed by atoms with E-state index in [1.54, 1.807) is 0 Å². The van der Waals surface area contributed by atoms with Gasteiger partial charge in [0.2, 0.25) is 0 Å². The van der Waals surface area contributed by atoms with Crippen molar-refractivity contribution < 1.29 is 5.11 Å². The minimum absolute atomic E-state index is 0.775. The van der Waals surface area contributed by atoms with Crippen molar-refractivity contribution in [3.63, 3.8) is 0 Å². The Morgan fingerprint density at radius 1 is 1.00 bits per heavy atom. The van der Waals surface area contributed by atoms with Gasteiger partial charge in [0, 0.05) is 7.11 Å². The van der Waals surface area contributed by atoms with Gasteiger partial charge in [-0.15, -0.1) is 0 Å². The summed E-state index contributed by atoms with van der Waals surface area (Å²) in [7, 11) is 1.00. The molecule has 0 aromatic heterocycles. The van der Waals surface area contributed by atoms with Crippen molar-refractivity contribution in [1.29, 1.82) is 0 Å². The van der Waals surface area contributed by atoms with Crippen LogP contribution in [0.25, 0.3) is 0 Å². The van der Waals surface area contributed by atoms with Crippen LogP contribution in [-0.4, -0.2) is 25.3 Å². The summed E-state index contributed by atoms with van der Waals surface area (Å²) in [5.41, 5.74) is 10.3. The summed E-state index contributed by atoms with van der Waals surface area (Å²) in [6.07, 6.45) is 2.13. The van der Waals surface area contributed by atoms with Gasteiger partial charge in [0.25, 0.3) is 0 Å². The van der Waals surface area contributed by atoms with Crippen LogP contribution in [0.4, 0.5) is 0 Å². The van der Waals surface area contributed by atoms with Crippen LogP contribution in [0.15, 0.2) is 0 Å². The van der Waals surface area contributed by atoms with E-state index in [0.29, 0.717) is 0 Å². The summed E-state index contributed by atoms with van der Waals surface area (Å²) >= 11 is 0. The van der Waals surface area contributed by atoms with Crippen molar-refractivity contribution in [3.8, 4) is 0 Å². The zero-order chi connectivity index (χ0) is 6.83. The van der Waals surface area contributed by atoms with E-state index in [1.807, 2.05) is 0 Å². The van der Waals surface area contributed by atoms with Crippen LogP contribution in [0.1, 0.15) is 12.8 Å². The van der Waals surface area contributed by atoms with Crippen molar-refractivity contribution >= 4 is 0 Å². The van der Waals surface area contributed by atoms with E-state index in [1.165, 1.54) is 0 Å². The van der Waals surface area contributed by atoms with Crippen molar-refractivity contribution in [2.24, 2.45) is 11.5 Å². The zero-order valence-corrected chi connectivity index (χ0v) is 5.43. The lowest BCUT2D eigenvalue weighted by Gasteiger charge is -1.87. The van der Waals surface area contributed by atoms with Gasteiger partial charge < -0.3 is 16.6 Å². The van der Waals surface area contributed by atoms with Gasteiger partial charge in [0.1, 0.15) is 0 Å². The Balaban J connectivity index is 0. The van der Waals surface area contributed by atoms with Gasteiger partial charge in [0.15, 0.2) is 0 Å². The third-order valence-corrected chi connectivity index (χ3v) is 0.658. The van der Waals surface area contributed by atoms with E-state index < -0.39 is 0 Å². The first-order valence-corrected chi connectivity index (χ1v) is 2.76. The highest BCUT2D eigenvalue weighted by atomic mass is 16.2. The summed E-state index contributed by atoms with van der Waals surface area (Å²) in [5.74, 6) is 0. The third kappa shape index (κ3) is 16.9. The monoisotopic (exact) mass is 120 g/mol. The van der Waals surface area contributed by atoms with E-state index in [0.717, 1.165) is 33.0 Å². The molecule has 0 aromatic carbocycles. The summed E-state index contributed by atoms with van der Waals surface area (Å²) < 4.78 is 0. The normalized spacial score (nSPS) is 7.50. The molecule has 3 heteroatoms. The molecular weight excluding hydrogens is 104 g/mol. The number of hydrogen-bond acceptors (Lipinski definition) is 3. The van der Waals surface area contributed by atoms with Gasteiger partial charge in [0.05, 0.1) is 0 Å². The van der Waals surface area contributed by atoms with E-state index in [9.17, 15) is 0 Å². The molecule has 8 heavy (non-hydrogen) atoms. The molecule has 0 saturated heterocycles. The molecule has 0 saturated carbocycles. The second kappa shape index (κ2) is 15.8. The largest absolute Gasteiger partial charge is 0.400 e. The first-order chi connectivity index (χ1) is 3.91. The highest BCUT2D eigenvalue weighted by Crippen LogP contribution is 1.77. The predicted octanol–water partition coefficient (Wildman–Crippen LogP) is -0.708. The van der Waals surface area contributed by atoms with Crippen molar-refractivity contribution in [1.82, 2.24) is 0 Å². The lowest BCUT2D eigenvalue weighted by Crippen LogP contribution is -2.03. The third-order valence-electron chi connectivity index (χ3n) is 0.658. The molecule has 0 heterocycles. The number of nitrogens with two attached hydrogens (primary N) is 2. The molecule has 0 radical (unpaired) electrons. The van der Waals surface area contributed by atoms with Crippen LogP contribution in [0.3, 0.4) is 0 Å². The van der Waals surface area contributed by atoms with Crippen LogP contribution in [0.5, 0.6) is 0 Å². The highest BCUT2D eigenvalue weighted by molar-refractivity contribution is 4.38. The number of hydrogen-bond donors (Lipinski definition) is 3. The van der Waals surface area contributed by atoms with Gasteiger partial charge in [-0.1, -0.05) is 0 Å². The summed E-state index contributed by atoms with van der Waals surface area (Å²) in [6, 6.07) is 0. The van der Waals surface area contributed by atoms with Crippen LogP contribution >= 0.6 is 0 Å². The molecule has 0 amide bonds. The second-order valence-electron chi connectivity index (χ2n) is 1.28. The highest BCUT2D eigenvalue weighted by Gasteiger charge is 1.75. The van der Waals surface area contributed by atoms with Gasteiger partial charge in [-0.25, -0.2) is 0 Å². The molecule has 0 atom stereocenters. The molecular formula is C5H16N2O. The van der Waals surface area contributed by atoms with E-state index in [2.05, 4.69) is 0 Å². The lowest BCUT2D eigenvalue weighted by molar-refractivity contribution is 0.399. The lowest BCUT2D eigenvalue weighted by atomic mass is 10.3. The van der Waals surface area contributed by atoms with Crippen molar-refractivity contribution in [3.05, 3.63) is 0 Å². The molecule has 0 aliphatic rings. The Bertz CT molecular complexity index is 22.4. The summed E-state index contributed by atoms with van der Waals surface area (Å²) in [6.45, 7) is 1.55. The predicted molar refractivity (Wildman–Crippen MR) is 35.5 cm³/mol. The summed E-state index contributed by atoms with van der Waals surface area (Å²) in [4.78, 5) is 0. The number of unbranched alkanes of at least 4 members (excludes halogenated alkanes) is 1. The number of aliphatic hydroxyl groups is 1. The average Bonchev–Trinajstić information content (AvgIpc) is 1.88. The topological polar surface area (TPSA) is 72.3 Å². The Kier molecular flexibility index (Phi) is 21.3. The van der Waals surface area contributed by atoms with Crippen LogP contribution in [0, 0.1) is 0 Å². The van der Waals surface area contributed by atoms with E-state index in [-0.39, 0.29) is 0 Å². The first kappa shape index (κ1) is 10.8. The molecule has 0 bridgehead atoms. The van der Waals surface area contributed by atoms with Gasteiger partial charge in [-0.2, -0.15) is 0 Å². The Hall–Kier alpha value is -0.120. The molecule has 0 aliphatic carbocycles. The zero-order valence-electron chi connectivity index (χ0n) is 5.43. The maximum Gasteiger partial charge on any atom is 0.0319 e. The Morgan fingerprint density at radius 3 is 1.38 bits per heavy atom. The SMILES string of the molecule is CO.NCCCCN. The molecule has 0 aliphatic heterocycles. The smallest absolute Gasteiger partial charge is 0.0319 e. The second-order valence-corrected chi connectivity index (χ2v) is 1.28. The maximum absolute atomic E-state index is 7.00. The summed E-state index contributed by atoms with van der Waals surface area (Å²) in [5, 5.41) is 7.00. The molecule has 0 fully saturated rings. The molecule has 5 N–H and O–H groups in total. The molecule has 52 valence electrons. The first-order valence-electron chi connectivity index (χ1n) is 2.76. The molecule has 0 rings (SSSR count). The molecule has 0 aromatic rings. The number of rotatable bonds is 3. The Labute approximate surface area is 50.7 Å². The molecule has 0 spiro atoms. The van der Waals surface area contributed by atoms with E-state index >= 15 is 0 Å². The van der Waals surface area contributed by atoms with Crippen LogP contribution in [0.2, 0.25) is 0 Å². The van der Waals surface area contributed by atoms with Gasteiger partial charge in [-0.3, -0.25) is 0 Å². The quantitative estimate of drug-likeness (QED) is 0.431. The fourth-order valence-electron chi connectivity index (χ4n) is 0.289. The Morgan fingerprint density at radius 2 is 1.25 bits per heavy atom. The van der Waals surface area contributed by atoms with Gasteiger partial charge in [-0.05, 0) is 25.9 Å².